The van der Waals surface area contributed by atoms with E-state index in [2.05, 4.69) is 10.1 Å². The van der Waals surface area contributed by atoms with E-state index >= 15 is 0 Å². The Morgan fingerprint density at radius 3 is 2.44 bits per heavy atom. The molecule has 16 heavy (non-hydrogen) atoms. The summed E-state index contributed by atoms with van der Waals surface area (Å²) < 4.78 is 4.58. The van der Waals surface area contributed by atoms with Gasteiger partial charge in [0.2, 0.25) is 5.91 Å². The highest BCUT2D eigenvalue weighted by Crippen LogP contribution is 2.06. The van der Waals surface area contributed by atoms with Crippen LogP contribution in [-0.2, 0) is 14.3 Å². The number of hydrogen-bond acceptors (Lipinski definition) is 4. The van der Waals surface area contributed by atoms with Crippen LogP contribution in [-0.4, -0.2) is 30.6 Å². The summed E-state index contributed by atoms with van der Waals surface area (Å²) in [5.74, 6) is -0.607. The highest BCUT2D eigenvalue weighted by Gasteiger charge is 2.29. The molecule has 0 spiro atoms. The summed E-state index contributed by atoms with van der Waals surface area (Å²) in [4.78, 5) is 22.8. The molecule has 94 valence electrons. The topological polar surface area (TPSA) is 81.4 Å². The first-order valence-corrected chi connectivity index (χ1v) is 5.44. The Labute approximate surface area is 96.7 Å². The van der Waals surface area contributed by atoms with Crippen molar-refractivity contribution in [3.05, 3.63) is 0 Å². The van der Waals surface area contributed by atoms with Crippen molar-refractivity contribution in [3.8, 4) is 0 Å². The number of ether oxygens (including phenoxy) is 1. The summed E-state index contributed by atoms with van der Waals surface area (Å²) in [5.41, 5.74) is 4.60. The number of carbonyl (C=O) groups excluding carboxylic acids is 2. The van der Waals surface area contributed by atoms with Gasteiger partial charge < -0.3 is 15.8 Å². The average molecular weight is 230 g/mol. The van der Waals surface area contributed by atoms with Gasteiger partial charge in [0.15, 0.2) is 0 Å². The van der Waals surface area contributed by atoms with Gasteiger partial charge in [-0.1, -0.05) is 0 Å². The number of hydrogen-bond donors (Lipinski definition) is 2. The van der Waals surface area contributed by atoms with E-state index in [1.807, 2.05) is 6.92 Å². The van der Waals surface area contributed by atoms with Gasteiger partial charge in [-0.05, 0) is 33.6 Å². The van der Waals surface area contributed by atoms with Gasteiger partial charge >= 0.3 is 5.97 Å². The molecule has 0 fully saturated rings. The van der Waals surface area contributed by atoms with E-state index in [1.165, 1.54) is 7.11 Å². The zero-order valence-corrected chi connectivity index (χ0v) is 10.5. The van der Waals surface area contributed by atoms with E-state index in [0.717, 1.165) is 12.8 Å². The van der Waals surface area contributed by atoms with E-state index in [-0.39, 0.29) is 11.9 Å². The van der Waals surface area contributed by atoms with Crippen LogP contribution in [0.3, 0.4) is 0 Å². The van der Waals surface area contributed by atoms with Crippen molar-refractivity contribution >= 4 is 11.9 Å². The summed E-state index contributed by atoms with van der Waals surface area (Å²) in [7, 11) is 1.30. The van der Waals surface area contributed by atoms with Crippen LogP contribution in [0.5, 0.6) is 0 Å². The van der Waals surface area contributed by atoms with Gasteiger partial charge in [0.1, 0.15) is 5.54 Å². The lowest BCUT2D eigenvalue weighted by Gasteiger charge is -2.23. The molecule has 0 aromatic heterocycles. The average Bonchev–Trinajstić information content (AvgIpc) is 2.14. The predicted octanol–water partition coefficient (Wildman–Crippen LogP) is 0.572. The molecule has 0 aliphatic heterocycles. The predicted molar refractivity (Wildman–Crippen MR) is 61.7 cm³/mol. The molecule has 0 aliphatic rings. The van der Waals surface area contributed by atoms with Crippen LogP contribution in [0.15, 0.2) is 0 Å². The molecule has 0 radical (unpaired) electrons. The Hall–Kier alpha value is -1.10. The third kappa shape index (κ3) is 5.70. The molecule has 0 aromatic carbocycles. The molecule has 0 heterocycles. The normalized spacial score (nSPS) is 13.1. The Morgan fingerprint density at radius 2 is 2.00 bits per heavy atom. The van der Waals surface area contributed by atoms with Crippen LogP contribution in [0.25, 0.3) is 0 Å². The van der Waals surface area contributed by atoms with E-state index in [9.17, 15) is 9.59 Å². The van der Waals surface area contributed by atoms with Crippen molar-refractivity contribution in [2.45, 2.75) is 51.6 Å². The van der Waals surface area contributed by atoms with Gasteiger partial charge in [-0.3, -0.25) is 4.79 Å². The quantitative estimate of drug-likeness (QED) is 0.654. The van der Waals surface area contributed by atoms with Crippen molar-refractivity contribution in [2.24, 2.45) is 5.73 Å². The summed E-state index contributed by atoms with van der Waals surface area (Å²) in [6, 6.07) is 0.0985. The minimum Gasteiger partial charge on any atom is -0.467 e. The van der Waals surface area contributed by atoms with Gasteiger partial charge in [-0.15, -0.1) is 0 Å². The first-order chi connectivity index (χ1) is 7.29. The van der Waals surface area contributed by atoms with Crippen molar-refractivity contribution in [2.75, 3.05) is 7.11 Å². The molecule has 0 aliphatic carbocycles. The summed E-state index contributed by atoms with van der Waals surface area (Å²) >= 11 is 0. The molecule has 5 heteroatoms. The first-order valence-electron chi connectivity index (χ1n) is 5.44. The van der Waals surface area contributed by atoms with E-state index in [0.29, 0.717) is 6.42 Å². The Bertz CT molecular complexity index is 250. The lowest BCUT2D eigenvalue weighted by atomic mass is 10.1. The minimum atomic E-state index is -0.972. The highest BCUT2D eigenvalue weighted by atomic mass is 16.5. The lowest BCUT2D eigenvalue weighted by Crippen LogP contribution is -2.50. The molecular formula is C11H22N2O3. The number of esters is 1. The van der Waals surface area contributed by atoms with Crippen molar-refractivity contribution in [1.82, 2.24) is 5.32 Å². The molecular weight excluding hydrogens is 208 g/mol. The van der Waals surface area contributed by atoms with Crippen LogP contribution in [0.4, 0.5) is 0 Å². The van der Waals surface area contributed by atoms with Crippen molar-refractivity contribution < 1.29 is 14.3 Å². The van der Waals surface area contributed by atoms with Crippen molar-refractivity contribution in [1.29, 1.82) is 0 Å². The largest absolute Gasteiger partial charge is 0.467 e. The number of carbonyl (C=O) groups is 2. The molecule has 0 bridgehead atoms. The zero-order chi connectivity index (χ0) is 12.8. The molecule has 1 atom stereocenters. The van der Waals surface area contributed by atoms with E-state index < -0.39 is 11.5 Å². The molecule has 0 rings (SSSR count). The van der Waals surface area contributed by atoms with Gasteiger partial charge in [-0.25, -0.2) is 4.79 Å². The molecule has 5 nitrogen and oxygen atoms in total. The van der Waals surface area contributed by atoms with E-state index in [4.69, 9.17) is 5.73 Å². The van der Waals surface area contributed by atoms with Crippen LogP contribution < -0.4 is 11.1 Å². The highest BCUT2D eigenvalue weighted by molar-refractivity contribution is 5.87. The maximum Gasteiger partial charge on any atom is 0.330 e. The summed E-state index contributed by atoms with van der Waals surface area (Å²) in [6.45, 7) is 5.13. The fourth-order valence-electron chi connectivity index (χ4n) is 1.30. The number of methoxy groups -OCH3 is 1. The maximum atomic E-state index is 11.5. The molecule has 1 unspecified atom stereocenters. The second-order valence-corrected chi connectivity index (χ2v) is 4.53. The number of rotatable bonds is 6. The number of nitrogens with one attached hydrogen (secondary N) is 1. The zero-order valence-electron chi connectivity index (χ0n) is 10.5. The number of amides is 1. The van der Waals surface area contributed by atoms with Gasteiger partial charge in [0.25, 0.3) is 0 Å². The van der Waals surface area contributed by atoms with Gasteiger partial charge in [0, 0.05) is 12.5 Å². The second kappa shape index (κ2) is 6.48. The van der Waals surface area contributed by atoms with Crippen LogP contribution >= 0.6 is 0 Å². The van der Waals surface area contributed by atoms with Crippen molar-refractivity contribution in [3.63, 3.8) is 0 Å². The SMILES string of the molecule is COC(=O)C(C)(C)NC(=O)CCCC(C)N. The third-order valence-electron chi connectivity index (χ3n) is 2.21. The second-order valence-electron chi connectivity index (χ2n) is 4.53. The van der Waals surface area contributed by atoms with Crippen LogP contribution in [0.2, 0.25) is 0 Å². The molecule has 0 saturated carbocycles. The Kier molecular flexibility index (Phi) is 6.03. The smallest absolute Gasteiger partial charge is 0.330 e. The third-order valence-corrected chi connectivity index (χ3v) is 2.21. The fourth-order valence-corrected chi connectivity index (χ4v) is 1.30. The van der Waals surface area contributed by atoms with Gasteiger partial charge in [-0.2, -0.15) is 0 Å². The molecule has 0 saturated heterocycles. The number of nitrogens with two attached hydrogens (primary N) is 1. The lowest BCUT2D eigenvalue weighted by molar-refractivity contribution is -0.149. The van der Waals surface area contributed by atoms with Crippen LogP contribution in [0.1, 0.15) is 40.0 Å². The Morgan fingerprint density at radius 1 is 1.44 bits per heavy atom. The van der Waals surface area contributed by atoms with E-state index in [1.54, 1.807) is 13.8 Å². The standard InChI is InChI=1S/C11H22N2O3/c1-8(12)6-5-7-9(14)13-11(2,3)10(15)16-4/h8H,5-7,12H2,1-4H3,(H,13,14). The maximum absolute atomic E-state index is 11.5. The fraction of sp³-hybridized carbons (Fsp3) is 0.818. The molecule has 0 aromatic rings. The minimum absolute atomic E-state index is 0.0985. The first kappa shape index (κ1) is 14.9. The summed E-state index contributed by atoms with van der Waals surface area (Å²) in [6.07, 6.45) is 1.90. The molecule has 3 N–H and O–H groups in total. The van der Waals surface area contributed by atoms with Crippen LogP contribution in [0, 0.1) is 0 Å². The monoisotopic (exact) mass is 230 g/mol. The molecule has 1 amide bonds. The Balaban J connectivity index is 3.99. The van der Waals surface area contributed by atoms with Gasteiger partial charge in [0.05, 0.1) is 7.11 Å². The summed E-state index contributed by atoms with van der Waals surface area (Å²) in [5, 5.41) is 2.63.